The second-order valence-corrected chi connectivity index (χ2v) is 8.31. The van der Waals surface area contributed by atoms with Crippen molar-refractivity contribution in [1.29, 1.82) is 0 Å². The fraction of sp³-hybridized carbons (Fsp3) is 0.259. The van der Waals surface area contributed by atoms with E-state index in [4.69, 9.17) is 10.5 Å². The van der Waals surface area contributed by atoms with Gasteiger partial charge < -0.3 is 21.1 Å². The summed E-state index contributed by atoms with van der Waals surface area (Å²) in [5, 5.41) is 5.77. The van der Waals surface area contributed by atoms with Gasteiger partial charge in [-0.25, -0.2) is 0 Å². The van der Waals surface area contributed by atoms with E-state index in [1.165, 1.54) is 5.56 Å². The third-order valence-electron chi connectivity index (χ3n) is 5.77. The molecule has 1 aliphatic carbocycles. The van der Waals surface area contributed by atoms with E-state index in [1.54, 1.807) is 24.3 Å². The summed E-state index contributed by atoms with van der Waals surface area (Å²) in [6.45, 7) is 0.681. The highest BCUT2D eigenvalue weighted by Crippen LogP contribution is 2.39. The molecule has 0 spiro atoms. The van der Waals surface area contributed by atoms with E-state index in [0.29, 0.717) is 31.1 Å². The van der Waals surface area contributed by atoms with E-state index in [0.717, 1.165) is 17.7 Å². The molecule has 3 aromatic rings. The number of rotatable bonds is 10. The zero-order valence-corrected chi connectivity index (χ0v) is 18.4. The summed E-state index contributed by atoms with van der Waals surface area (Å²) in [7, 11) is 0. The largest absolute Gasteiger partial charge is 0.493 e. The Morgan fingerprint density at radius 3 is 2.36 bits per heavy atom. The number of carbonyl (C=O) groups excluding carboxylic acids is 2. The summed E-state index contributed by atoms with van der Waals surface area (Å²) in [4.78, 5) is 25.6. The van der Waals surface area contributed by atoms with Crippen LogP contribution in [0.25, 0.3) is 0 Å². The number of amides is 2. The lowest BCUT2D eigenvalue weighted by Gasteiger charge is -2.19. The van der Waals surface area contributed by atoms with E-state index >= 15 is 0 Å². The van der Waals surface area contributed by atoms with Crippen molar-refractivity contribution in [3.63, 3.8) is 0 Å². The van der Waals surface area contributed by atoms with Crippen LogP contribution in [-0.2, 0) is 11.3 Å². The lowest BCUT2D eigenvalue weighted by molar-refractivity contribution is -0.123. The van der Waals surface area contributed by atoms with Crippen molar-refractivity contribution in [1.82, 2.24) is 10.6 Å². The highest BCUT2D eigenvalue weighted by Gasteiger charge is 2.34. The molecule has 1 aliphatic rings. The molecule has 4 N–H and O–H groups in total. The number of nitrogens with one attached hydrogen (secondary N) is 2. The first-order valence-electron chi connectivity index (χ1n) is 11.3. The summed E-state index contributed by atoms with van der Waals surface area (Å²) in [6, 6.07) is 26.0. The Labute approximate surface area is 194 Å². The third kappa shape index (κ3) is 6.43. The van der Waals surface area contributed by atoms with Crippen LogP contribution in [0, 0.1) is 0 Å². The quantitative estimate of drug-likeness (QED) is 0.448. The van der Waals surface area contributed by atoms with E-state index in [2.05, 4.69) is 16.7 Å². The maximum atomic E-state index is 12.9. The van der Waals surface area contributed by atoms with Gasteiger partial charge in [0.1, 0.15) is 11.8 Å². The lowest BCUT2D eigenvalue weighted by Crippen LogP contribution is -2.47. The highest BCUT2D eigenvalue weighted by molar-refractivity contribution is 5.97. The number of ether oxygens (including phenoxy) is 1. The topological polar surface area (TPSA) is 93.4 Å². The average Bonchev–Trinajstić information content (AvgIpc) is 3.59. The predicted molar refractivity (Wildman–Crippen MR) is 128 cm³/mol. The maximum absolute atomic E-state index is 12.9. The fourth-order valence-corrected chi connectivity index (χ4v) is 3.74. The van der Waals surface area contributed by atoms with Crippen LogP contribution in [0.2, 0.25) is 0 Å². The molecule has 3 aromatic carbocycles. The Balaban J connectivity index is 1.37. The van der Waals surface area contributed by atoms with E-state index in [-0.39, 0.29) is 17.9 Å². The highest BCUT2D eigenvalue weighted by atomic mass is 16.5. The van der Waals surface area contributed by atoms with Crippen LogP contribution in [0.3, 0.4) is 0 Å². The molecule has 0 saturated heterocycles. The van der Waals surface area contributed by atoms with Gasteiger partial charge in [0.2, 0.25) is 5.91 Å². The molecule has 33 heavy (non-hydrogen) atoms. The molecule has 0 heterocycles. The summed E-state index contributed by atoms with van der Waals surface area (Å²) in [6.07, 6.45) is 1.34. The standard InChI is InChI=1S/C27H29N3O3/c28-24-17-23(24)21-12-7-13-22(16-21)33-15-14-25(30-26(31)20-10-5-2-6-11-20)27(32)29-18-19-8-3-1-4-9-19/h1-13,16,23-25H,14-15,17-18,28H2,(H,29,32)(H,30,31)/t23-,24+,25-/m0/s1. The zero-order valence-electron chi connectivity index (χ0n) is 18.4. The minimum absolute atomic E-state index is 0.228. The van der Waals surface area contributed by atoms with Crippen molar-refractivity contribution in [2.75, 3.05) is 6.61 Å². The summed E-state index contributed by atoms with van der Waals surface area (Å²) in [5.74, 6) is 0.601. The first-order valence-corrected chi connectivity index (χ1v) is 11.3. The molecule has 0 aromatic heterocycles. The van der Waals surface area contributed by atoms with Crippen molar-refractivity contribution >= 4 is 11.8 Å². The van der Waals surface area contributed by atoms with E-state index in [1.807, 2.05) is 54.6 Å². The van der Waals surface area contributed by atoms with E-state index < -0.39 is 6.04 Å². The molecule has 4 rings (SSSR count). The van der Waals surface area contributed by atoms with Crippen LogP contribution in [0.1, 0.15) is 40.2 Å². The van der Waals surface area contributed by atoms with Crippen molar-refractivity contribution in [3.8, 4) is 5.75 Å². The zero-order chi connectivity index (χ0) is 23.0. The van der Waals surface area contributed by atoms with Crippen LogP contribution in [0.5, 0.6) is 5.75 Å². The molecular weight excluding hydrogens is 414 g/mol. The summed E-state index contributed by atoms with van der Waals surface area (Å²) in [5.41, 5.74) is 8.63. The smallest absolute Gasteiger partial charge is 0.251 e. The first-order chi connectivity index (χ1) is 16.1. The molecular formula is C27H29N3O3. The van der Waals surface area contributed by atoms with Crippen molar-refractivity contribution in [2.24, 2.45) is 5.73 Å². The summed E-state index contributed by atoms with van der Waals surface area (Å²) >= 11 is 0. The molecule has 6 nitrogen and oxygen atoms in total. The number of carbonyl (C=O) groups is 2. The second-order valence-electron chi connectivity index (χ2n) is 8.31. The first kappa shape index (κ1) is 22.6. The van der Waals surface area contributed by atoms with E-state index in [9.17, 15) is 9.59 Å². The lowest BCUT2D eigenvalue weighted by atomic mass is 10.1. The van der Waals surface area contributed by atoms with Gasteiger partial charge in [0.25, 0.3) is 5.91 Å². The number of benzene rings is 3. The Morgan fingerprint density at radius 1 is 0.970 bits per heavy atom. The number of nitrogens with two attached hydrogens (primary N) is 1. The molecule has 2 amide bonds. The maximum Gasteiger partial charge on any atom is 0.251 e. The van der Waals surface area contributed by atoms with Gasteiger partial charge in [-0.3, -0.25) is 9.59 Å². The van der Waals surface area contributed by atoms with Gasteiger partial charge in [-0.2, -0.15) is 0 Å². The Kier molecular flexibility index (Phi) is 7.37. The van der Waals surface area contributed by atoms with Gasteiger partial charge in [0.15, 0.2) is 0 Å². The fourth-order valence-electron chi connectivity index (χ4n) is 3.74. The van der Waals surface area contributed by atoms with Crippen LogP contribution >= 0.6 is 0 Å². The molecule has 0 aliphatic heterocycles. The Morgan fingerprint density at radius 2 is 1.67 bits per heavy atom. The Hall–Kier alpha value is -3.64. The molecule has 3 atom stereocenters. The number of hydrogen-bond acceptors (Lipinski definition) is 4. The Bertz CT molecular complexity index is 1070. The normalized spacial score (nSPS) is 17.6. The van der Waals surface area contributed by atoms with Gasteiger partial charge >= 0.3 is 0 Å². The van der Waals surface area contributed by atoms with Crippen LogP contribution < -0.4 is 21.1 Å². The molecule has 170 valence electrons. The third-order valence-corrected chi connectivity index (χ3v) is 5.77. The summed E-state index contributed by atoms with van der Waals surface area (Å²) < 4.78 is 5.92. The van der Waals surface area contributed by atoms with Crippen LogP contribution in [0.4, 0.5) is 0 Å². The van der Waals surface area contributed by atoms with Crippen LogP contribution in [0.15, 0.2) is 84.9 Å². The van der Waals surface area contributed by atoms with Crippen molar-refractivity contribution in [2.45, 2.75) is 37.4 Å². The van der Waals surface area contributed by atoms with Crippen LogP contribution in [-0.4, -0.2) is 30.5 Å². The van der Waals surface area contributed by atoms with Gasteiger partial charge in [0, 0.05) is 30.5 Å². The SMILES string of the molecule is N[C@@H]1C[C@H]1c1cccc(OCC[C@H](NC(=O)c2ccccc2)C(=O)NCc2ccccc2)c1. The molecule has 0 bridgehead atoms. The molecule has 0 radical (unpaired) electrons. The second kappa shape index (κ2) is 10.8. The minimum Gasteiger partial charge on any atom is -0.493 e. The molecule has 0 unspecified atom stereocenters. The number of hydrogen-bond donors (Lipinski definition) is 3. The van der Waals surface area contributed by atoms with Gasteiger partial charge in [-0.1, -0.05) is 60.7 Å². The van der Waals surface area contributed by atoms with Gasteiger partial charge in [0.05, 0.1) is 6.61 Å². The molecule has 1 saturated carbocycles. The average molecular weight is 444 g/mol. The minimum atomic E-state index is -0.721. The van der Waals surface area contributed by atoms with Gasteiger partial charge in [-0.15, -0.1) is 0 Å². The van der Waals surface area contributed by atoms with Gasteiger partial charge in [-0.05, 0) is 41.8 Å². The van der Waals surface area contributed by atoms with Crippen molar-refractivity contribution in [3.05, 3.63) is 102 Å². The van der Waals surface area contributed by atoms with Crippen molar-refractivity contribution < 1.29 is 14.3 Å². The monoisotopic (exact) mass is 443 g/mol. The predicted octanol–water partition coefficient (Wildman–Crippen LogP) is 3.39. The molecule has 6 heteroatoms. The molecule has 1 fully saturated rings.